The van der Waals surface area contributed by atoms with E-state index in [0.717, 1.165) is 4.57 Å². The minimum Gasteiger partial charge on any atom is -0.465 e. The average molecular weight is 575 g/mol. The first-order valence-electron chi connectivity index (χ1n) is 11.8. The average Bonchev–Trinajstić information content (AvgIpc) is 3.18. The summed E-state index contributed by atoms with van der Waals surface area (Å²) in [6.07, 6.45) is -2.03. The Morgan fingerprint density at radius 1 is 1.26 bits per heavy atom. The Bertz CT molecular complexity index is 921. The van der Waals surface area contributed by atoms with Crippen molar-refractivity contribution in [3.63, 3.8) is 0 Å². The molecule has 0 bridgehead atoms. The third-order valence-corrected chi connectivity index (χ3v) is 5.97. The standard InChI is InChI=1S/C17H28FN4O6P.C4H8O2.CH2F2/c1-5-19-29(21-11(4)16(24)27-10(2)3)26-9-13-12(18)8-15(28-13)22-7-6-14(23)20-17(22)25;1-4(2)6-3-5;2-1-3/h6-7,10-13,15,19,21H,5,8-9H2,1-4H3,(H,20,23,25);3-4H,1-2H3;1H2. The summed E-state index contributed by atoms with van der Waals surface area (Å²) < 4.78 is 55.6. The molecule has 1 aliphatic rings. The number of aromatic amines is 1. The molecule has 16 heteroatoms. The number of ether oxygens (including phenoxy) is 3. The number of aromatic nitrogens is 2. The van der Waals surface area contributed by atoms with Gasteiger partial charge in [-0.15, -0.1) is 0 Å². The predicted molar refractivity (Wildman–Crippen MR) is 134 cm³/mol. The molecule has 3 N–H and O–H groups in total. The largest absolute Gasteiger partial charge is 0.465 e. The first kappa shape index (κ1) is 35.7. The molecular weight excluding hydrogens is 536 g/mol. The van der Waals surface area contributed by atoms with Crippen molar-refractivity contribution in [2.24, 2.45) is 0 Å². The zero-order valence-corrected chi connectivity index (χ0v) is 23.2. The molecule has 0 amide bonds. The van der Waals surface area contributed by atoms with E-state index in [0.29, 0.717) is 13.0 Å². The normalized spacial score (nSPS) is 20.0. The monoisotopic (exact) mass is 574 g/mol. The molecule has 38 heavy (non-hydrogen) atoms. The van der Waals surface area contributed by atoms with Crippen molar-refractivity contribution in [1.29, 1.82) is 0 Å². The first-order valence-corrected chi connectivity index (χ1v) is 13.1. The van der Waals surface area contributed by atoms with Crippen molar-refractivity contribution in [3.05, 3.63) is 33.1 Å². The van der Waals surface area contributed by atoms with E-state index in [1.165, 1.54) is 12.3 Å². The van der Waals surface area contributed by atoms with Gasteiger partial charge in [0.1, 0.15) is 24.5 Å². The number of halogens is 3. The Morgan fingerprint density at radius 3 is 2.37 bits per heavy atom. The van der Waals surface area contributed by atoms with Crippen LogP contribution in [0.25, 0.3) is 0 Å². The maximum absolute atomic E-state index is 14.4. The van der Waals surface area contributed by atoms with Crippen LogP contribution in [-0.4, -0.2) is 72.6 Å². The molecule has 5 atom stereocenters. The molecule has 1 fully saturated rings. The second-order valence-electron chi connectivity index (χ2n) is 8.22. The van der Waals surface area contributed by atoms with E-state index in [1.54, 1.807) is 34.6 Å². The van der Waals surface area contributed by atoms with Gasteiger partial charge in [-0.25, -0.2) is 23.1 Å². The number of alkyl halides is 3. The van der Waals surface area contributed by atoms with Gasteiger partial charge in [0.05, 0.1) is 18.8 Å². The summed E-state index contributed by atoms with van der Waals surface area (Å²) in [4.78, 5) is 46.5. The van der Waals surface area contributed by atoms with Crippen LogP contribution in [0.15, 0.2) is 21.9 Å². The maximum atomic E-state index is 14.4. The topological polar surface area (TPSA) is 150 Å². The zero-order chi connectivity index (χ0) is 29.3. The third kappa shape index (κ3) is 14.6. The Balaban J connectivity index is 0.00000131. The van der Waals surface area contributed by atoms with E-state index in [4.69, 9.17) is 14.0 Å². The number of rotatable bonds is 12. The lowest BCUT2D eigenvalue weighted by atomic mass is 10.2. The van der Waals surface area contributed by atoms with Crippen LogP contribution < -0.4 is 21.4 Å². The number of carbonyl (C=O) groups excluding carboxylic acids is 2. The molecule has 5 unspecified atom stereocenters. The van der Waals surface area contributed by atoms with Crippen molar-refractivity contribution < 1.29 is 41.5 Å². The van der Waals surface area contributed by atoms with Crippen molar-refractivity contribution in [2.45, 2.75) is 84.7 Å². The van der Waals surface area contributed by atoms with E-state index in [9.17, 15) is 32.3 Å². The molecule has 0 aromatic carbocycles. The molecule has 1 aromatic heterocycles. The SMILES string of the molecule is CC(C)OC=O.CCNP(NC(C)C(=O)OC(C)C)OCC1OC(n2ccc(=O)[nH]c2=O)CC1F.FCF. The van der Waals surface area contributed by atoms with E-state index >= 15 is 0 Å². The number of H-pyrrole nitrogens is 1. The van der Waals surface area contributed by atoms with Crippen LogP contribution in [-0.2, 0) is 28.3 Å². The molecule has 0 spiro atoms. The van der Waals surface area contributed by atoms with Gasteiger partial charge in [-0.05, 0) is 41.2 Å². The van der Waals surface area contributed by atoms with Crippen LogP contribution in [0.2, 0.25) is 0 Å². The fourth-order valence-corrected chi connectivity index (χ4v) is 4.06. The van der Waals surface area contributed by atoms with Gasteiger partial charge in [0, 0.05) is 18.7 Å². The lowest BCUT2D eigenvalue weighted by Gasteiger charge is -2.24. The lowest BCUT2D eigenvalue weighted by molar-refractivity contribution is -0.149. The van der Waals surface area contributed by atoms with Crippen LogP contribution in [0, 0.1) is 0 Å². The minimum absolute atomic E-state index is 0.0301. The number of nitrogens with one attached hydrogen (secondary N) is 3. The quantitative estimate of drug-likeness (QED) is 0.193. The molecule has 0 saturated carbocycles. The summed E-state index contributed by atoms with van der Waals surface area (Å²) in [6, 6.07) is 0.564. The highest BCUT2D eigenvalue weighted by Crippen LogP contribution is 2.34. The first-order chi connectivity index (χ1) is 17.9. The van der Waals surface area contributed by atoms with Crippen LogP contribution in [0.4, 0.5) is 13.2 Å². The van der Waals surface area contributed by atoms with E-state index in [-0.39, 0.29) is 25.2 Å². The van der Waals surface area contributed by atoms with E-state index in [1.807, 2.05) is 6.92 Å². The molecule has 12 nitrogen and oxygen atoms in total. The molecule has 220 valence electrons. The Hall–Kier alpha value is -2.32. The fourth-order valence-electron chi connectivity index (χ4n) is 2.76. The van der Waals surface area contributed by atoms with Crippen molar-refractivity contribution in [1.82, 2.24) is 19.7 Å². The second kappa shape index (κ2) is 19.7. The summed E-state index contributed by atoms with van der Waals surface area (Å²) in [7, 11) is -1.44. The molecule has 0 radical (unpaired) electrons. The second-order valence-corrected chi connectivity index (χ2v) is 9.64. The molecule has 1 aliphatic heterocycles. The number of carbonyl (C=O) groups is 2. The molecular formula is C22H38F3N4O8P. The molecule has 1 saturated heterocycles. The van der Waals surface area contributed by atoms with Gasteiger partial charge in [0.2, 0.25) is 6.93 Å². The summed E-state index contributed by atoms with van der Waals surface area (Å²) in [5, 5.41) is 6.07. The Kier molecular flexibility index (Phi) is 18.5. The van der Waals surface area contributed by atoms with Gasteiger partial charge < -0.3 is 18.7 Å². The number of esters is 1. The van der Waals surface area contributed by atoms with Crippen molar-refractivity contribution in [2.75, 3.05) is 20.1 Å². The van der Waals surface area contributed by atoms with Gasteiger partial charge in [-0.1, -0.05) is 6.92 Å². The van der Waals surface area contributed by atoms with Gasteiger partial charge in [-0.3, -0.25) is 29.0 Å². The summed E-state index contributed by atoms with van der Waals surface area (Å²) >= 11 is 0. The van der Waals surface area contributed by atoms with Crippen molar-refractivity contribution >= 4 is 20.9 Å². The molecule has 0 aliphatic carbocycles. The predicted octanol–water partition coefficient (Wildman–Crippen LogP) is 2.40. The van der Waals surface area contributed by atoms with Crippen LogP contribution in [0.5, 0.6) is 0 Å². The van der Waals surface area contributed by atoms with E-state index < -0.39 is 57.1 Å². The Labute approximate surface area is 220 Å². The summed E-state index contributed by atoms with van der Waals surface area (Å²) in [5.74, 6) is -0.410. The highest BCUT2D eigenvalue weighted by Gasteiger charge is 2.37. The van der Waals surface area contributed by atoms with Gasteiger partial charge in [0.15, 0.2) is 8.45 Å². The molecule has 2 rings (SSSR count). The van der Waals surface area contributed by atoms with Crippen LogP contribution in [0.1, 0.15) is 54.2 Å². The molecule has 2 heterocycles. The number of hydrogen-bond donors (Lipinski definition) is 3. The smallest absolute Gasteiger partial charge is 0.330 e. The summed E-state index contributed by atoms with van der Waals surface area (Å²) in [6.45, 7) is 9.85. The summed E-state index contributed by atoms with van der Waals surface area (Å²) in [5.41, 5.74) is -1.20. The lowest BCUT2D eigenvalue weighted by Crippen LogP contribution is -2.37. The van der Waals surface area contributed by atoms with Gasteiger partial charge in [0.25, 0.3) is 12.0 Å². The van der Waals surface area contributed by atoms with Crippen molar-refractivity contribution in [3.8, 4) is 0 Å². The van der Waals surface area contributed by atoms with Gasteiger partial charge >= 0.3 is 11.7 Å². The number of hydrogen-bond acceptors (Lipinski definition) is 10. The van der Waals surface area contributed by atoms with Gasteiger partial charge in [-0.2, -0.15) is 0 Å². The highest BCUT2D eigenvalue weighted by molar-refractivity contribution is 7.48. The third-order valence-electron chi connectivity index (χ3n) is 4.34. The zero-order valence-electron chi connectivity index (χ0n) is 22.3. The minimum atomic E-state index is -1.75. The number of nitrogens with zero attached hydrogens (tertiary/aromatic N) is 1. The highest BCUT2D eigenvalue weighted by atomic mass is 31.2. The van der Waals surface area contributed by atoms with Crippen LogP contribution >= 0.6 is 8.45 Å². The maximum Gasteiger partial charge on any atom is 0.330 e. The molecule has 1 aromatic rings. The van der Waals surface area contributed by atoms with Crippen LogP contribution in [0.3, 0.4) is 0 Å². The Morgan fingerprint density at radius 2 is 1.89 bits per heavy atom. The van der Waals surface area contributed by atoms with E-state index in [2.05, 4.69) is 19.9 Å². The fraction of sp³-hybridized carbons (Fsp3) is 0.727.